The Kier molecular flexibility index (Phi) is 4.99. The molecule has 2 N–H and O–H groups in total. The van der Waals surface area contributed by atoms with E-state index in [1.54, 1.807) is 12.6 Å². The normalized spacial score (nSPS) is 11.8. The van der Waals surface area contributed by atoms with Crippen molar-refractivity contribution in [2.45, 2.75) is 18.0 Å². The molecule has 1 aromatic heterocycles. The molecule has 0 aliphatic rings. The molecule has 0 spiro atoms. The van der Waals surface area contributed by atoms with Crippen LogP contribution in [0.3, 0.4) is 0 Å². The predicted molar refractivity (Wildman–Crippen MR) is 75.3 cm³/mol. The second-order valence-corrected chi connectivity index (χ2v) is 6.92. The molecule has 0 amide bonds. The van der Waals surface area contributed by atoms with E-state index >= 15 is 0 Å². The average molecular weight is 333 g/mol. The van der Waals surface area contributed by atoms with Crippen molar-refractivity contribution in [3.8, 4) is 0 Å². The number of sulfonamides is 1. The van der Waals surface area contributed by atoms with Gasteiger partial charge in [0, 0.05) is 24.2 Å². The molecule has 0 radical (unpaired) electrons. The lowest BCUT2D eigenvalue weighted by atomic mass is 10.2. The Morgan fingerprint density at radius 2 is 2.05 bits per heavy atom. The number of benzene rings is 1. The minimum Gasteiger partial charge on any atom is -0.316 e. The summed E-state index contributed by atoms with van der Waals surface area (Å²) in [5.41, 5.74) is 1.90. The molecule has 21 heavy (non-hydrogen) atoms. The van der Waals surface area contributed by atoms with E-state index in [0.717, 1.165) is 12.1 Å². The van der Waals surface area contributed by atoms with Crippen LogP contribution in [-0.4, -0.2) is 20.4 Å². The number of nitrogens with zero attached hydrogens (tertiary/aromatic N) is 1. The molecule has 0 saturated heterocycles. The van der Waals surface area contributed by atoms with Crippen LogP contribution >= 0.6 is 11.3 Å². The van der Waals surface area contributed by atoms with Gasteiger partial charge in [-0.25, -0.2) is 21.9 Å². The third-order valence-electron chi connectivity index (χ3n) is 2.64. The van der Waals surface area contributed by atoms with Gasteiger partial charge in [-0.2, -0.15) is 0 Å². The third kappa shape index (κ3) is 3.82. The SMILES string of the molecule is CNCc1cc(F)c(F)c(S(=O)(=O)NCc2cncs2)c1. The van der Waals surface area contributed by atoms with Gasteiger partial charge in [-0.1, -0.05) is 0 Å². The zero-order valence-electron chi connectivity index (χ0n) is 11.1. The molecule has 5 nitrogen and oxygen atoms in total. The van der Waals surface area contributed by atoms with E-state index in [1.165, 1.54) is 17.5 Å². The quantitative estimate of drug-likeness (QED) is 0.843. The number of hydrogen-bond donors (Lipinski definition) is 2. The number of thiazole rings is 1. The van der Waals surface area contributed by atoms with Crippen molar-refractivity contribution in [2.75, 3.05) is 7.05 Å². The first-order valence-corrected chi connectivity index (χ1v) is 8.30. The lowest BCUT2D eigenvalue weighted by Crippen LogP contribution is -2.24. The maximum absolute atomic E-state index is 13.8. The lowest BCUT2D eigenvalue weighted by molar-refractivity contribution is 0.480. The van der Waals surface area contributed by atoms with Gasteiger partial charge in [-0.3, -0.25) is 4.98 Å². The maximum atomic E-state index is 13.8. The topological polar surface area (TPSA) is 71.1 Å². The third-order valence-corrected chi connectivity index (χ3v) is 4.83. The fourth-order valence-corrected chi connectivity index (χ4v) is 3.46. The highest BCUT2D eigenvalue weighted by molar-refractivity contribution is 7.89. The fourth-order valence-electron chi connectivity index (χ4n) is 1.69. The molecule has 114 valence electrons. The van der Waals surface area contributed by atoms with Crippen molar-refractivity contribution in [1.29, 1.82) is 0 Å². The van der Waals surface area contributed by atoms with Crippen LogP contribution in [0.25, 0.3) is 0 Å². The first-order chi connectivity index (χ1) is 9.94. The molecule has 0 bridgehead atoms. The zero-order valence-corrected chi connectivity index (χ0v) is 12.7. The van der Waals surface area contributed by atoms with Crippen LogP contribution < -0.4 is 10.0 Å². The summed E-state index contributed by atoms with van der Waals surface area (Å²) in [4.78, 5) is 3.78. The molecule has 0 fully saturated rings. The van der Waals surface area contributed by atoms with E-state index in [2.05, 4.69) is 15.0 Å². The fraction of sp³-hybridized carbons (Fsp3) is 0.250. The number of aromatic nitrogens is 1. The van der Waals surface area contributed by atoms with Gasteiger partial charge in [-0.05, 0) is 24.7 Å². The predicted octanol–water partition coefficient (Wildman–Crippen LogP) is 1.62. The summed E-state index contributed by atoms with van der Waals surface area (Å²) in [7, 11) is -2.52. The highest BCUT2D eigenvalue weighted by atomic mass is 32.2. The van der Waals surface area contributed by atoms with E-state index in [1.807, 2.05) is 0 Å². The van der Waals surface area contributed by atoms with Gasteiger partial charge in [-0.15, -0.1) is 11.3 Å². The lowest BCUT2D eigenvalue weighted by Gasteiger charge is -2.09. The molecule has 0 aliphatic carbocycles. The molecule has 2 rings (SSSR count). The van der Waals surface area contributed by atoms with Crippen LogP contribution in [0.5, 0.6) is 0 Å². The average Bonchev–Trinajstić information content (AvgIpc) is 2.94. The summed E-state index contributed by atoms with van der Waals surface area (Å²) in [6.07, 6.45) is 1.50. The molecule has 0 atom stereocenters. The standard InChI is InChI=1S/C12H13F2N3O2S2/c1-15-4-8-2-10(13)12(14)11(3-8)21(18,19)17-6-9-5-16-7-20-9/h2-3,5,7,15,17H,4,6H2,1H3. The van der Waals surface area contributed by atoms with Gasteiger partial charge >= 0.3 is 0 Å². The summed E-state index contributed by atoms with van der Waals surface area (Å²) in [5.74, 6) is -2.58. The van der Waals surface area contributed by atoms with E-state index in [4.69, 9.17) is 0 Å². The smallest absolute Gasteiger partial charge is 0.243 e. The molecule has 1 aromatic carbocycles. The summed E-state index contributed by atoms with van der Waals surface area (Å²) in [6, 6.07) is 2.08. The largest absolute Gasteiger partial charge is 0.316 e. The monoisotopic (exact) mass is 333 g/mol. The summed E-state index contributed by atoms with van der Waals surface area (Å²) in [6.45, 7) is 0.207. The Hall–Kier alpha value is -1.42. The summed E-state index contributed by atoms with van der Waals surface area (Å²) < 4.78 is 53.7. The number of halogens is 2. The number of rotatable bonds is 6. The van der Waals surface area contributed by atoms with E-state index in [-0.39, 0.29) is 13.1 Å². The van der Waals surface area contributed by atoms with Crippen molar-refractivity contribution < 1.29 is 17.2 Å². The van der Waals surface area contributed by atoms with Crippen molar-refractivity contribution in [2.24, 2.45) is 0 Å². The van der Waals surface area contributed by atoms with Crippen LogP contribution in [0.2, 0.25) is 0 Å². The maximum Gasteiger partial charge on any atom is 0.243 e. The molecule has 0 aliphatic heterocycles. The van der Waals surface area contributed by atoms with Gasteiger partial charge in [0.15, 0.2) is 11.6 Å². The minimum atomic E-state index is -4.14. The van der Waals surface area contributed by atoms with E-state index in [9.17, 15) is 17.2 Å². The molecular formula is C12H13F2N3O2S2. The zero-order chi connectivity index (χ0) is 15.5. The van der Waals surface area contributed by atoms with Crippen LogP contribution in [-0.2, 0) is 23.1 Å². The van der Waals surface area contributed by atoms with Crippen molar-refractivity contribution in [1.82, 2.24) is 15.0 Å². The number of nitrogens with one attached hydrogen (secondary N) is 2. The van der Waals surface area contributed by atoms with Gasteiger partial charge < -0.3 is 5.32 Å². The highest BCUT2D eigenvalue weighted by Gasteiger charge is 2.23. The van der Waals surface area contributed by atoms with Gasteiger partial charge in [0.1, 0.15) is 4.90 Å². The first kappa shape index (κ1) is 16.0. The highest BCUT2D eigenvalue weighted by Crippen LogP contribution is 2.20. The van der Waals surface area contributed by atoms with Crippen LogP contribution in [0, 0.1) is 11.6 Å². The van der Waals surface area contributed by atoms with Crippen molar-refractivity contribution in [3.05, 3.63) is 45.9 Å². The van der Waals surface area contributed by atoms with Gasteiger partial charge in [0.2, 0.25) is 10.0 Å². The molecule has 1 heterocycles. The Morgan fingerprint density at radius 1 is 1.29 bits per heavy atom. The number of hydrogen-bond acceptors (Lipinski definition) is 5. The Morgan fingerprint density at radius 3 is 2.67 bits per heavy atom. The molecule has 2 aromatic rings. The minimum absolute atomic E-state index is 0.0235. The first-order valence-electron chi connectivity index (χ1n) is 5.93. The Bertz CT molecular complexity index is 718. The second kappa shape index (κ2) is 6.56. The Balaban J connectivity index is 2.30. The molecule has 0 unspecified atom stereocenters. The van der Waals surface area contributed by atoms with Gasteiger partial charge in [0.25, 0.3) is 0 Å². The Labute approximate surface area is 125 Å². The van der Waals surface area contributed by atoms with E-state index in [0.29, 0.717) is 10.4 Å². The second-order valence-electron chi connectivity index (χ2n) is 4.21. The molecule has 9 heteroatoms. The summed E-state index contributed by atoms with van der Waals surface area (Å²) >= 11 is 1.26. The molecule has 0 saturated carbocycles. The van der Waals surface area contributed by atoms with Crippen molar-refractivity contribution >= 4 is 21.4 Å². The van der Waals surface area contributed by atoms with Crippen molar-refractivity contribution in [3.63, 3.8) is 0 Å². The van der Waals surface area contributed by atoms with E-state index < -0.39 is 26.6 Å². The van der Waals surface area contributed by atoms with Crippen LogP contribution in [0.15, 0.2) is 28.7 Å². The van der Waals surface area contributed by atoms with Gasteiger partial charge in [0.05, 0.1) is 5.51 Å². The molecular weight excluding hydrogens is 320 g/mol. The van der Waals surface area contributed by atoms with Crippen LogP contribution in [0.1, 0.15) is 10.4 Å². The van der Waals surface area contributed by atoms with Crippen LogP contribution in [0.4, 0.5) is 8.78 Å². The summed E-state index contributed by atoms with van der Waals surface area (Å²) in [5, 5.41) is 2.75.